The highest BCUT2D eigenvalue weighted by Gasteiger charge is 2.18. The highest BCUT2D eigenvalue weighted by molar-refractivity contribution is 7.99. The highest BCUT2D eigenvalue weighted by Crippen LogP contribution is 2.36. The highest BCUT2D eigenvalue weighted by atomic mass is 32.2. The van der Waals surface area contributed by atoms with Gasteiger partial charge in [-0.3, -0.25) is 0 Å². The number of hydrogen-bond acceptors (Lipinski definition) is 5. The van der Waals surface area contributed by atoms with Gasteiger partial charge < -0.3 is 4.52 Å². The Morgan fingerprint density at radius 1 is 1.29 bits per heavy atom. The first-order valence-corrected chi connectivity index (χ1v) is 7.88. The Hall–Kier alpha value is -1.73. The molecule has 2 aromatic heterocycles. The molecule has 0 spiro atoms. The third-order valence-corrected chi connectivity index (χ3v) is 4.73. The molecule has 0 unspecified atom stereocenters. The summed E-state index contributed by atoms with van der Waals surface area (Å²) in [7, 11) is 0. The molecule has 2 heterocycles. The van der Waals surface area contributed by atoms with Crippen molar-refractivity contribution >= 4 is 23.1 Å². The molecule has 0 aliphatic carbocycles. The van der Waals surface area contributed by atoms with Crippen LogP contribution in [-0.2, 0) is 0 Å². The molecule has 0 aliphatic rings. The van der Waals surface area contributed by atoms with E-state index in [0.29, 0.717) is 16.6 Å². The maximum atomic E-state index is 13.6. The predicted octanol–water partition coefficient (Wildman–Crippen LogP) is 4.93. The van der Waals surface area contributed by atoms with Gasteiger partial charge in [0.25, 0.3) is 0 Å². The van der Waals surface area contributed by atoms with E-state index < -0.39 is 11.6 Å². The summed E-state index contributed by atoms with van der Waals surface area (Å²) in [6.45, 7) is 1.83. The number of rotatable bonds is 4. The van der Waals surface area contributed by atoms with Crippen LogP contribution in [-0.4, -0.2) is 10.1 Å². The van der Waals surface area contributed by atoms with E-state index in [4.69, 9.17) is 4.52 Å². The molecule has 0 saturated heterocycles. The van der Waals surface area contributed by atoms with Crippen LogP contribution in [0.15, 0.2) is 45.1 Å². The molecular formula is C14H10F2N2OS2. The number of nitrogens with zero attached hydrogens (tertiary/aromatic N) is 2. The topological polar surface area (TPSA) is 38.9 Å². The van der Waals surface area contributed by atoms with Crippen molar-refractivity contribution in [2.45, 2.75) is 17.1 Å². The molecule has 1 aromatic carbocycles. The summed E-state index contributed by atoms with van der Waals surface area (Å²) in [6, 6.07) is 7.30. The summed E-state index contributed by atoms with van der Waals surface area (Å²) < 4.78 is 31.7. The van der Waals surface area contributed by atoms with Gasteiger partial charge in [-0.15, -0.1) is 23.1 Å². The molecule has 3 aromatic rings. The average molecular weight is 324 g/mol. The van der Waals surface area contributed by atoms with Gasteiger partial charge in [0.05, 0.1) is 10.1 Å². The van der Waals surface area contributed by atoms with Crippen molar-refractivity contribution in [2.75, 3.05) is 0 Å². The van der Waals surface area contributed by atoms with Gasteiger partial charge in [-0.25, -0.2) is 8.78 Å². The summed E-state index contributed by atoms with van der Waals surface area (Å²) in [4.78, 5) is 5.57. The van der Waals surface area contributed by atoms with Crippen LogP contribution in [0, 0.1) is 11.6 Å². The average Bonchev–Trinajstić information content (AvgIpc) is 3.10. The predicted molar refractivity (Wildman–Crippen MR) is 78.2 cm³/mol. The Labute approximate surface area is 128 Å². The van der Waals surface area contributed by atoms with Crippen molar-refractivity contribution in [1.82, 2.24) is 10.1 Å². The van der Waals surface area contributed by atoms with E-state index >= 15 is 0 Å². The summed E-state index contributed by atoms with van der Waals surface area (Å²) >= 11 is 2.72. The molecule has 0 N–H and O–H groups in total. The van der Waals surface area contributed by atoms with Crippen LogP contribution in [0.5, 0.6) is 0 Å². The molecule has 7 heteroatoms. The lowest BCUT2D eigenvalue weighted by Gasteiger charge is -2.07. The van der Waals surface area contributed by atoms with Crippen molar-refractivity contribution < 1.29 is 13.3 Å². The number of thioether (sulfide) groups is 1. The molecule has 0 aliphatic heterocycles. The fourth-order valence-electron chi connectivity index (χ4n) is 1.72. The van der Waals surface area contributed by atoms with E-state index in [9.17, 15) is 8.78 Å². The van der Waals surface area contributed by atoms with Crippen molar-refractivity contribution in [2.24, 2.45) is 0 Å². The summed E-state index contributed by atoms with van der Waals surface area (Å²) in [5.74, 6) is -0.258. The monoisotopic (exact) mass is 324 g/mol. The summed E-state index contributed by atoms with van der Waals surface area (Å²) in [5.41, 5.74) is 0. The maximum absolute atomic E-state index is 13.6. The molecule has 0 fully saturated rings. The zero-order valence-electron chi connectivity index (χ0n) is 10.9. The van der Waals surface area contributed by atoms with Crippen LogP contribution < -0.4 is 0 Å². The largest absolute Gasteiger partial charge is 0.338 e. The summed E-state index contributed by atoms with van der Waals surface area (Å²) in [6.07, 6.45) is 0. The Morgan fingerprint density at radius 3 is 2.86 bits per heavy atom. The van der Waals surface area contributed by atoms with Crippen LogP contribution >= 0.6 is 23.1 Å². The Kier molecular flexibility index (Phi) is 4.03. The van der Waals surface area contributed by atoms with Crippen molar-refractivity contribution in [3.63, 3.8) is 0 Å². The van der Waals surface area contributed by atoms with Crippen LogP contribution in [0.4, 0.5) is 8.78 Å². The molecule has 108 valence electrons. The van der Waals surface area contributed by atoms with Gasteiger partial charge >= 0.3 is 0 Å². The Morgan fingerprint density at radius 2 is 2.14 bits per heavy atom. The smallest absolute Gasteiger partial charge is 0.240 e. The van der Waals surface area contributed by atoms with E-state index in [1.165, 1.54) is 35.2 Å². The molecule has 21 heavy (non-hydrogen) atoms. The molecule has 0 radical (unpaired) electrons. The molecule has 0 bridgehead atoms. The first kappa shape index (κ1) is 14.2. The van der Waals surface area contributed by atoms with Gasteiger partial charge in [0.15, 0.2) is 0 Å². The van der Waals surface area contributed by atoms with Crippen LogP contribution in [0.1, 0.15) is 18.1 Å². The lowest BCUT2D eigenvalue weighted by molar-refractivity contribution is 0.381. The molecule has 3 nitrogen and oxygen atoms in total. The molecule has 0 saturated carbocycles. The van der Waals surface area contributed by atoms with Crippen molar-refractivity contribution in [3.8, 4) is 10.7 Å². The van der Waals surface area contributed by atoms with E-state index in [-0.39, 0.29) is 5.25 Å². The Bertz CT molecular complexity index is 743. The second kappa shape index (κ2) is 5.95. The van der Waals surface area contributed by atoms with E-state index in [1.54, 1.807) is 0 Å². The zero-order valence-corrected chi connectivity index (χ0v) is 12.5. The van der Waals surface area contributed by atoms with Crippen molar-refractivity contribution in [1.29, 1.82) is 0 Å². The molecule has 1 atom stereocenters. The van der Waals surface area contributed by atoms with Gasteiger partial charge in [0.1, 0.15) is 11.6 Å². The van der Waals surface area contributed by atoms with Gasteiger partial charge in [0, 0.05) is 11.0 Å². The number of aromatic nitrogens is 2. The third kappa shape index (κ3) is 3.14. The minimum Gasteiger partial charge on any atom is -0.338 e. The SMILES string of the molecule is C[C@H](Sc1ccc(F)cc1F)c1nc(-c2cccs2)no1. The maximum Gasteiger partial charge on any atom is 0.240 e. The number of hydrogen-bond donors (Lipinski definition) is 0. The summed E-state index contributed by atoms with van der Waals surface area (Å²) in [5, 5.41) is 5.61. The van der Waals surface area contributed by atoms with E-state index in [1.807, 2.05) is 24.4 Å². The van der Waals surface area contributed by atoms with Crippen molar-refractivity contribution in [3.05, 3.63) is 53.2 Å². The number of thiophene rings is 1. The fourth-order valence-corrected chi connectivity index (χ4v) is 3.26. The first-order chi connectivity index (χ1) is 10.1. The minimum absolute atomic E-state index is 0.230. The van der Waals surface area contributed by atoms with Crippen LogP contribution in [0.3, 0.4) is 0 Å². The second-order valence-corrected chi connectivity index (χ2v) is 6.60. The lowest BCUT2D eigenvalue weighted by atomic mass is 10.3. The quantitative estimate of drug-likeness (QED) is 0.638. The fraction of sp³-hybridized carbons (Fsp3) is 0.143. The second-order valence-electron chi connectivity index (χ2n) is 4.27. The zero-order chi connectivity index (χ0) is 14.8. The first-order valence-electron chi connectivity index (χ1n) is 6.12. The van der Waals surface area contributed by atoms with Crippen LogP contribution in [0.2, 0.25) is 0 Å². The Balaban J connectivity index is 1.78. The van der Waals surface area contributed by atoms with E-state index in [0.717, 1.165) is 10.9 Å². The van der Waals surface area contributed by atoms with Gasteiger partial charge in [-0.2, -0.15) is 4.98 Å². The normalized spacial score (nSPS) is 12.5. The van der Waals surface area contributed by atoms with Gasteiger partial charge in [0.2, 0.25) is 11.7 Å². The van der Waals surface area contributed by atoms with Gasteiger partial charge in [-0.05, 0) is 30.5 Å². The number of halogens is 2. The van der Waals surface area contributed by atoms with Gasteiger partial charge in [-0.1, -0.05) is 11.2 Å². The lowest BCUT2D eigenvalue weighted by Crippen LogP contribution is -1.91. The van der Waals surface area contributed by atoms with Crippen LogP contribution in [0.25, 0.3) is 10.7 Å². The molecular weight excluding hydrogens is 314 g/mol. The molecule has 0 amide bonds. The number of benzene rings is 1. The van der Waals surface area contributed by atoms with E-state index in [2.05, 4.69) is 10.1 Å². The third-order valence-electron chi connectivity index (χ3n) is 2.73. The standard InChI is InChI=1S/C14H10F2N2OS2/c1-8(21-11-5-4-9(15)7-10(11)16)14-17-13(18-19-14)12-3-2-6-20-12/h2-8H,1H3/t8-/m0/s1. The molecule has 3 rings (SSSR count). The minimum atomic E-state index is -0.595.